The third-order valence-electron chi connectivity index (χ3n) is 5.54. The number of rotatable bonds is 8. The molecule has 0 heterocycles. The predicted octanol–water partition coefficient (Wildman–Crippen LogP) is 7.81. The van der Waals surface area contributed by atoms with Crippen molar-refractivity contribution < 1.29 is 4.74 Å². The monoisotopic (exact) mass is 414 g/mol. The second kappa shape index (κ2) is 10.2. The molecule has 3 rings (SSSR count). The van der Waals surface area contributed by atoms with Gasteiger partial charge in [-0.1, -0.05) is 75.8 Å². The standard InChI is InChI=1S/C24H31BrO/c1-2-3-17-26-24-16-15-22(18-23(24)25)21-13-11-20(12-14-21)10-9-19-7-5-4-6-8-19/h11-16,18-19H,2-10,17H2,1H3. The molecule has 0 aromatic heterocycles. The van der Waals surface area contributed by atoms with E-state index in [1.807, 2.05) is 0 Å². The number of aryl methyl sites for hydroxylation is 1. The van der Waals surface area contributed by atoms with Gasteiger partial charge in [0.2, 0.25) is 0 Å². The number of hydrogen-bond acceptors (Lipinski definition) is 1. The van der Waals surface area contributed by atoms with Crippen molar-refractivity contribution in [2.75, 3.05) is 6.61 Å². The van der Waals surface area contributed by atoms with Crippen molar-refractivity contribution in [2.24, 2.45) is 5.92 Å². The molecule has 0 bridgehead atoms. The minimum absolute atomic E-state index is 0.782. The van der Waals surface area contributed by atoms with Gasteiger partial charge in [-0.15, -0.1) is 0 Å². The first kappa shape index (κ1) is 19.5. The number of benzene rings is 2. The lowest BCUT2D eigenvalue weighted by atomic mass is 9.85. The van der Waals surface area contributed by atoms with Gasteiger partial charge in [0, 0.05) is 0 Å². The summed E-state index contributed by atoms with van der Waals surface area (Å²) in [6, 6.07) is 15.5. The van der Waals surface area contributed by atoms with Crippen LogP contribution in [0.5, 0.6) is 5.75 Å². The van der Waals surface area contributed by atoms with E-state index in [9.17, 15) is 0 Å². The summed E-state index contributed by atoms with van der Waals surface area (Å²) in [6.07, 6.45) is 12.0. The maximum Gasteiger partial charge on any atom is 0.133 e. The fraction of sp³-hybridized carbons (Fsp3) is 0.500. The Labute approximate surface area is 167 Å². The van der Waals surface area contributed by atoms with Crippen LogP contribution in [0.15, 0.2) is 46.9 Å². The lowest BCUT2D eigenvalue weighted by Crippen LogP contribution is -2.07. The summed E-state index contributed by atoms with van der Waals surface area (Å²) in [4.78, 5) is 0. The molecule has 0 N–H and O–H groups in total. The van der Waals surface area contributed by atoms with Crippen LogP contribution in [-0.4, -0.2) is 6.61 Å². The number of halogens is 1. The van der Waals surface area contributed by atoms with Crippen LogP contribution >= 0.6 is 15.9 Å². The molecule has 140 valence electrons. The van der Waals surface area contributed by atoms with E-state index in [-0.39, 0.29) is 0 Å². The lowest BCUT2D eigenvalue weighted by Gasteiger charge is -2.21. The van der Waals surface area contributed by atoms with Crippen LogP contribution in [-0.2, 0) is 6.42 Å². The third-order valence-corrected chi connectivity index (χ3v) is 6.16. The lowest BCUT2D eigenvalue weighted by molar-refractivity contribution is 0.307. The number of unbranched alkanes of at least 4 members (excludes halogenated alkanes) is 1. The highest BCUT2D eigenvalue weighted by Crippen LogP contribution is 2.32. The van der Waals surface area contributed by atoms with Gasteiger partial charge >= 0.3 is 0 Å². The van der Waals surface area contributed by atoms with Crippen LogP contribution in [0.3, 0.4) is 0 Å². The van der Waals surface area contributed by atoms with Crippen LogP contribution in [0.1, 0.15) is 63.9 Å². The quantitative estimate of drug-likeness (QED) is 0.400. The molecule has 0 amide bonds. The van der Waals surface area contributed by atoms with Crippen LogP contribution in [0.2, 0.25) is 0 Å². The maximum absolute atomic E-state index is 5.83. The Morgan fingerprint density at radius 1 is 0.962 bits per heavy atom. The van der Waals surface area contributed by atoms with Crippen LogP contribution in [0.25, 0.3) is 11.1 Å². The molecule has 2 aromatic carbocycles. The molecule has 26 heavy (non-hydrogen) atoms. The summed E-state index contributed by atoms with van der Waals surface area (Å²) in [6.45, 7) is 2.96. The minimum Gasteiger partial charge on any atom is -0.492 e. The molecule has 1 fully saturated rings. The number of ether oxygens (including phenoxy) is 1. The fourth-order valence-electron chi connectivity index (χ4n) is 3.83. The molecule has 0 atom stereocenters. The summed E-state index contributed by atoms with van der Waals surface area (Å²) in [7, 11) is 0. The van der Waals surface area contributed by atoms with Gasteiger partial charge in [0.15, 0.2) is 0 Å². The van der Waals surface area contributed by atoms with E-state index in [4.69, 9.17) is 4.74 Å². The first-order chi connectivity index (χ1) is 12.8. The topological polar surface area (TPSA) is 9.23 Å². The molecule has 0 spiro atoms. The first-order valence-electron chi connectivity index (χ1n) is 10.3. The molecule has 0 saturated heterocycles. The van der Waals surface area contributed by atoms with Gasteiger partial charge in [-0.2, -0.15) is 0 Å². The Morgan fingerprint density at radius 3 is 2.38 bits per heavy atom. The Balaban J connectivity index is 1.58. The van der Waals surface area contributed by atoms with E-state index in [0.29, 0.717) is 0 Å². The van der Waals surface area contributed by atoms with Gasteiger partial charge in [0.25, 0.3) is 0 Å². The molecular weight excluding hydrogens is 384 g/mol. The molecular formula is C24H31BrO. The zero-order chi connectivity index (χ0) is 18.2. The van der Waals surface area contributed by atoms with E-state index in [0.717, 1.165) is 35.6 Å². The SMILES string of the molecule is CCCCOc1ccc(-c2ccc(CCC3CCCCC3)cc2)cc1Br. The maximum atomic E-state index is 5.83. The highest BCUT2D eigenvalue weighted by Gasteiger charge is 2.13. The Hall–Kier alpha value is -1.28. The normalized spacial score (nSPS) is 15.2. The van der Waals surface area contributed by atoms with E-state index < -0.39 is 0 Å². The van der Waals surface area contributed by atoms with Gasteiger partial charge in [-0.25, -0.2) is 0 Å². The van der Waals surface area contributed by atoms with Crippen molar-refractivity contribution in [3.63, 3.8) is 0 Å². The van der Waals surface area contributed by atoms with Gasteiger partial charge in [0.1, 0.15) is 5.75 Å². The number of hydrogen-bond donors (Lipinski definition) is 0. The fourth-order valence-corrected chi connectivity index (χ4v) is 4.33. The molecule has 1 saturated carbocycles. The van der Waals surface area contributed by atoms with Crippen LogP contribution in [0.4, 0.5) is 0 Å². The van der Waals surface area contributed by atoms with Crippen molar-refractivity contribution in [2.45, 2.75) is 64.7 Å². The van der Waals surface area contributed by atoms with Crippen molar-refractivity contribution in [3.05, 3.63) is 52.5 Å². The zero-order valence-electron chi connectivity index (χ0n) is 16.0. The molecule has 1 nitrogen and oxygen atoms in total. The Kier molecular flexibility index (Phi) is 7.61. The Morgan fingerprint density at radius 2 is 1.69 bits per heavy atom. The molecule has 2 aromatic rings. The highest BCUT2D eigenvalue weighted by atomic mass is 79.9. The van der Waals surface area contributed by atoms with Crippen molar-refractivity contribution in [1.82, 2.24) is 0 Å². The largest absolute Gasteiger partial charge is 0.492 e. The van der Waals surface area contributed by atoms with Gasteiger partial charge in [0.05, 0.1) is 11.1 Å². The summed E-state index contributed by atoms with van der Waals surface area (Å²) in [5, 5.41) is 0. The van der Waals surface area contributed by atoms with E-state index in [1.165, 1.54) is 61.6 Å². The van der Waals surface area contributed by atoms with Crippen molar-refractivity contribution >= 4 is 15.9 Å². The van der Waals surface area contributed by atoms with Crippen molar-refractivity contribution in [3.8, 4) is 16.9 Å². The molecule has 0 unspecified atom stereocenters. The summed E-state index contributed by atoms with van der Waals surface area (Å²) in [5.41, 5.74) is 3.98. The molecule has 0 radical (unpaired) electrons. The summed E-state index contributed by atoms with van der Waals surface area (Å²) < 4.78 is 6.86. The average Bonchev–Trinajstić information content (AvgIpc) is 2.69. The molecule has 1 aliphatic carbocycles. The smallest absolute Gasteiger partial charge is 0.133 e. The van der Waals surface area contributed by atoms with E-state index in [2.05, 4.69) is 65.3 Å². The predicted molar refractivity (Wildman–Crippen MR) is 115 cm³/mol. The van der Waals surface area contributed by atoms with Gasteiger partial charge < -0.3 is 4.74 Å². The van der Waals surface area contributed by atoms with E-state index in [1.54, 1.807) is 0 Å². The Bertz CT molecular complexity index is 671. The molecule has 2 heteroatoms. The van der Waals surface area contributed by atoms with Gasteiger partial charge in [-0.3, -0.25) is 0 Å². The summed E-state index contributed by atoms with van der Waals surface area (Å²) in [5.74, 6) is 1.89. The summed E-state index contributed by atoms with van der Waals surface area (Å²) >= 11 is 3.65. The minimum atomic E-state index is 0.782. The van der Waals surface area contributed by atoms with Crippen LogP contribution < -0.4 is 4.74 Å². The van der Waals surface area contributed by atoms with Gasteiger partial charge in [-0.05, 0) is 69.9 Å². The second-order valence-electron chi connectivity index (χ2n) is 7.59. The second-order valence-corrected chi connectivity index (χ2v) is 8.44. The first-order valence-corrected chi connectivity index (χ1v) is 11.1. The third kappa shape index (κ3) is 5.61. The molecule has 1 aliphatic rings. The van der Waals surface area contributed by atoms with Crippen LogP contribution in [0, 0.1) is 5.92 Å². The van der Waals surface area contributed by atoms with Crippen molar-refractivity contribution in [1.29, 1.82) is 0 Å². The highest BCUT2D eigenvalue weighted by molar-refractivity contribution is 9.10. The average molecular weight is 415 g/mol. The van der Waals surface area contributed by atoms with E-state index >= 15 is 0 Å². The zero-order valence-corrected chi connectivity index (χ0v) is 17.6. The molecule has 0 aliphatic heterocycles.